The molecule has 26 heavy (non-hydrogen) atoms. The first-order valence-corrected chi connectivity index (χ1v) is 8.38. The SMILES string of the molecule is Cn1ncc2cc(N3CC[C@H](NC(=O)Cn4cnc(C#N)n4)C3)ccc21. The predicted octanol–water partition coefficient (Wildman–Crippen LogP) is 0.432. The summed E-state index contributed by atoms with van der Waals surface area (Å²) in [5, 5.41) is 21.0. The van der Waals surface area contributed by atoms with Crippen molar-refractivity contribution in [2.75, 3.05) is 18.0 Å². The average Bonchev–Trinajstić information content (AvgIpc) is 3.35. The molecule has 0 spiro atoms. The molecule has 9 nitrogen and oxygen atoms in total. The maximum absolute atomic E-state index is 12.2. The van der Waals surface area contributed by atoms with Crippen molar-refractivity contribution in [1.82, 2.24) is 29.9 Å². The van der Waals surface area contributed by atoms with Crippen LogP contribution < -0.4 is 10.2 Å². The maximum atomic E-state index is 12.2. The molecule has 132 valence electrons. The Hall–Kier alpha value is -3.41. The highest BCUT2D eigenvalue weighted by atomic mass is 16.2. The summed E-state index contributed by atoms with van der Waals surface area (Å²) in [5.41, 5.74) is 2.24. The summed E-state index contributed by atoms with van der Waals surface area (Å²) in [6.45, 7) is 1.71. The molecular formula is C17H18N8O. The van der Waals surface area contributed by atoms with Crippen molar-refractivity contribution < 1.29 is 4.79 Å². The van der Waals surface area contributed by atoms with Crippen molar-refractivity contribution >= 4 is 22.5 Å². The molecule has 1 atom stereocenters. The summed E-state index contributed by atoms with van der Waals surface area (Å²) >= 11 is 0. The summed E-state index contributed by atoms with van der Waals surface area (Å²) in [6.07, 6.45) is 4.14. The van der Waals surface area contributed by atoms with Gasteiger partial charge in [-0.1, -0.05) is 0 Å². The van der Waals surface area contributed by atoms with E-state index in [0.717, 1.165) is 36.1 Å². The molecule has 0 unspecified atom stereocenters. The van der Waals surface area contributed by atoms with Gasteiger partial charge in [-0.15, -0.1) is 5.10 Å². The van der Waals surface area contributed by atoms with E-state index in [2.05, 4.69) is 43.6 Å². The van der Waals surface area contributed by atoms with E-state index in [9.17, 15) is 4.79 Å². The number of aromatic nitrogens is 5. The van der Waals surface area contributed by atoms with Crippen molar-refractivity contribution in [3.8, 4) is 6.07 Å². The number of amides is 1. The summed E-state index contributed by atoms with van der Waals surface area (Å²) in [6, 6.07) is 8.22. The zero-order chi connectivity index (χ0) is 18.1. The average molecular weight is 350 g/mol. The lowest BCUT2D eigenvalue weighted by atomic mass is 10.2. The van der Waals surface area contributed by atoms with Gasteiger partial charge in [-0.2, -0.15) is 10.4 Å². The molecule has 1 fully saturated rings. The molecule has 4 rings (SSSR count). The lowest BCUT2D eigenvalue weighted by molar-refractivity contribution is -0.122. The molecule has 0 bridgehead atoms. The molecule has 9 heteroatoms. The topological polar surface area (TPSA) is 105 Å². The minimum absolute atomic E-state index is 0.0623. The van der Waals surface area contributed by atoms with Crippen LogP contribution >= 0.6 is 0 Å². The van der Waals surface area contributed by atoms with Crippen LogP contribution in [0.1, 0.15) is 12.2 Å². The number of benzene rings is 1. The fraction of sp³-hybridized carbons (Fsp3) is 0.353. The van der Waals surface area contributed by atoms with Crippen LogP contribution in [0, 0.1) is 11.3 Å². The Morgan fingerprint density at radius 2 is 2.35 bits per heavy atom. The first-order chi connectivity index (χ1) is 12.6. The van der Waals surface area contributed by atoms with Gasteiger partial charge in [-0.05, 0) is 24.6 Å². The van der Waals surface area contributed by atoms with Gasteiger partial charge in [0.1, 0.15) is 18.9 Å². The molecule has 1 aromatic carbocycles. The van der Waals surface area contributed by atoms with Crippen molar-refractivity contribution in [3.05, 3.63) is 36.5 Å². The minimum atomic E-state index is -0.131. The van der Waals surface area contributed by atoms with Crippen LogP contribution in [-0.2, 0) is 18.4 Å². The molecule has 1 aliphatic rings. The number of anilines is 1. The van der Waals surface area contributed by atoms with Crippen molar-refractivity contribution in [1.29, 1.82) is 5.26 Å². The Morgan fingerprint density at radius 3 is 3.15 bits per heavy atom. The van der Waals surface area contributed by atoms with E-state index in [1.807, 2.05) is 24.0 Å². The Balaban J connectivity index is 1.36. The normalized spacial score (nSPS) is 16.8. The van der Waals surface area contributed by atoms with Crippen molar-refractivity contribution in [2.24, 2.45) is 7.05 Å². The van der Waals surface area contributed by atoms with E-state index >= 15 is 0 Å². The van der Waals surface area contributed by atoms with Crippen LogP contribution in [0.25, 0.3) is 10.9 Å². The molecule has 3 heterocycles. The van der Waals surface area contributed by atoms with E-state index in [4.69, 9.17) is 5.26 Å². The number of rotatable bonds is 4. The number of nitrogens with one attached hydrogen (secondary N) is 1. The third kappa shape index (κ3) is 3.09. The van der Waals surface area contributed by atoms with Gasteiger partial charge < -0.3 is 10.2 Å². The van der Waals surface area contributed by atoms with Gasteiger partial charge in [0.2, 0.25) is 5.91 Å². The molecule has 1 N–H and O–H groups in total. The van der Waals surface area contributed by atoms with E-state index in [0.29, 0.717) is 0 Å². The van der Waals surface area contributed by atoms with Crippen molar-refractivity contribution in [3.63, 3.8) is 0 Å². The number of aryl methyl sites for hydroxylation is 1. The fourth-order valence-electron chi connectivity index (χ4n) is 3.30. The zero-order valence-electron chi connectivity index (χ0n) is 14.3. The van der Waals surface area contributed by atoms with Crippen LogP contribution in [-0.4, -0.2) is 49.6 Å². The fourth-order valence-corrected chi connectivity index (χ4v) is 3.30. The Bertz CT molecular complexity index is 998. The third-order valence-electron chi connectivity index (χ3n) is 4.59. The van der Waals surface area contributed by atoms with Gasteiger partial charge in [-0.25, -0.2) is 9.67 Å². The smallest absolute Gasteiger partial charge is 0.252 e. The molecular weight excluding hydrogens is 332 g/mol. The number of fused-ring (bicyclic) bond motifs is 1. The number of nitrogens with zero attached hydrogens (tertiary/aromatic N) is 7. The maximum Gasteiger partial charge on any atom is 0.252 e. The lowest BCUT2D eigenvalue weighted by Gasteiger charge is -2.19. The molecule has 1 aliphatic heterocycles. The highest BCUT2D eigenvalue weighted by Crippen LogP contribution is 2.25. The van der Waals surface area contributed by atoms with E-state index < -0.39 is 0 Å². The van der Waals surface area contributed by atoms with E-state index in [-0.39, 0.29) is 24.3 Å². The van der Waals surface area contributed by atoms with Crippen LogP contribution in [0.4, 0.5) is 5.69 Å². The number of carbonyl (C=O) groups is 1. The number of nitriles is 1. The largest absolute Gasteiger partial charge is 0.369 e. The van der Waals surface area contributed by atoms with Gasteiger partial charge in [0.25, 0.3) is 5.82 Å². The first kappa shape index (κ1) is 16.1. The highest BCUT2D eigenvalue weighted by molar-refractivity contribution is 5.82. The quantitative estimate of drug-likeness (QED) is 0.732. The molecule has 2 aromatic heterocycles. The van der Waals surface area contributed by atoms with Crippen LogP contribution in [0.3, 0.4) is 0 Å². The third-order valence-corrected chi connectivity index (χ3v) is 4.59. The first-order valence-electron chi connectivity index (χ1n) is 8.38. The minimum Gasteiger partial charge on any atom is -0.369 e. The monoisotopic (exact) mass is 350 g/mol. The zero-order valence-corrected chi connectivity index (χ0v) is 14.3. The highest BCUT2D eigenvalue weighted by Gasteiger charge is 2.24. The Kier molecular flexibility index (Phi) is 4.01. The summed E-state index contributed by atoms with van der Waals surface area (Å²) in [4.78, 5) is 18.2. The van der Waals surface area contributed by atoms with Crippen molar-refractivity contribution in [2.45, 2.75) is 19.0 Å². The number of hydrogen-bond acceptors (Lipinski definition) is 6. The summed E-state index contributed by atoms with van der Waals surface area (Å²) in [7, 11) is 1.93. The van der Waals surface area contributed by atoms with Crippen LogP contribution in [0.15, 0.2) is 30.7 Å². The standard InChI is InChI=1S/C17H18N8O/c1-23-15-3-2-14(6-12(15)8-20-23)24-5-4-13(9-24)21-17(26)10-25-11-19-16(7-18)22-25/h2-3,6,8,11,13H,4-5,9-10H2,1H3,(H,21,26)/t13-/m0/s1. The number of carbonyl (C=O) groups excluding carboxylic acids is 1. The molecule has 0 radical (unpaired) electrons. The van der Waals surface area contributed by atoms with Crippen LogP contribution in [0.5, 0.6) is 0 Å². The second-order valence-electron chi connectivity index (χ2n) is 6.39. The van der Waals surface area contributed by atoms with Gasteiger partial charge >= 0.3 is 0 Å². The second kappa shape index (κ2) is 6.48. The Labute approximate surface area is 149 Å². The second-order valence-corrected chi connectivity index (χ2v) is 6.39. The summed E-state index contributed by atoms with van der Waals surface area (Å²) < 4.78 is 3.23. The molecule has 0 saturated carbocycles. The van der Waals surface area contributed by atoms with E-state index in [1.165, 1.54) is 11.0 Å². The van der Waals surface area contributed by atoms with Crippen LogP contribution in [0.2, 0.25) is 0 Å². The van der Waals surface area contributed by atoms with Gasteiger partial charge in [0, 0.05) is 37.3 Å². The predicted molar refractivity (Wildman–Crippen MR) is 94.2 cm³/mol. The Morgan fingerprint density at radius 1 is 1.46 bits per heavy atom. The molecule has 0 aliphatic carbocycles. The molecule has 1 amide bonds. The number of hydrogen-bond donors (Lipinski definition) is 1. The van der Waals surface area contributed by atoms with E-state index in [1.54, 1.807) is 0 Å². The van der Waals surface area contributed by atoms with Gasteiger partial charge in [0.15, 0.2) is 0 Å². The van der Waals surface area contributed by atoms with Gasteiger partial charge in [0.05, 0.1) is 11.7 Å². The summed E-state index contributed by atoms with van der Waals surface area (Å²) in [5.74, 6) is -0.0652. The molecule has 3 aromatic rings. The lowest BCUT2D eigenvalue weighted by Crippen LogP contribution is -2.39. The van der Waals surface area contributed by atoms with Gasteiger partial charge in [-0.3, -0.25) is 9.48 Å². The molecule has 1 saturated heterocycles.